The lowest BCUT2D eigenvalue weighted by Gasteiger charge is -2.21. The first-order valence-corrected chi connectivity index (χ1v) is 28.2. The van der Waals surface area contributed by atoms with E-state index < -0.39 is 0 Å². The van der Waals surface area contributed by atoms with E-state index in [2.05, 4.69) is 283 Å². The molecule has 0 aliphatic rings. The number of allylic oxidation sites excluding steroid dienone is 4. The molecule has 0 amide bonds. The van der Waals surface area contributed by atoms with Gasteiger partial charge in [0.05, 0.1) is 0 Å². The quantitative estimate of drug-likeness (QED) is 0.0898. The Kier molecular flexibility index (Phi) is 27.5. The summed E-state index contributed by atoms with van der Waals surface area (Å²) in [7, 11) is 0. The van der Waals surface area contributed by atoms with Crippen LogP contribution in [-0.4, -0.2) is 0 Å². The molecule has 0 saturated carbocycles. The first-order chi connectivity index (χ1) is 36.3. The van der Waals surface area contributed by atoms with Gasteiger partial charge in [-0.05, 0) is 166 Å². The van der Waals surface area contributed by atoms with E-state index in [0.717, 1.165) is 32.1 Å². The van der Waals surface area contributed by atoms with Gasteiger partial charge in [-0.25, -0.2) is 0 Å². The molecule has 0 heteroatoms. The molecule has 3 unspecified atom stereocenters. The molecule has 0 aliphatic carbocycles. The van der Waals surface area contributed by atoms with Gasteiger partial charge in [-0.1, -0.05) is 289 Å². The Hall–Kier alpha value is -6.76. The Labute approximate surface area is 457 Å². The summed E-state index contributed by atoms with van der Waals surface area (Å²) in [5.74, 6) is 1.64. The Bertz CT molecular complexity index is 2860. The fraction of sp³-hybridized carbons (Fsp3) is 0.307. The van der Waals surface area contributed by atoms with Crippen LogP contribution in [0.1, 0.15) is 166 Å². The molecule has 0 saturated heterocycles. The summed E-state index contributed by atoms with van der Waals surface area (Å²) in [6.45, 7) is 28.5. The molecule has 392 valence electrons. The molecule has 0 bridgehead atoms. The van der Waals surface area contributed by atoms with Crippen LogP contribution in [0.5, 0.6) is 0 Å². The highest BCUT2D eigenvalue weighted by molar-refractivity contribution is 5.73. The minimum atomic E-state index is 0.429. The van der Waals surface area contributed by atoms with Crippen LogP contribution in [0.2, 0.25) is 0 Å². The second kappa shape index (κ2) is 33.9. The lowest BCUT2D eigenvalue weighted by molar-refractivity contribution is 0.681. The van der Waals surface area contributed by atoms with E-state index in [1.165, 1.54) is 102 Å². The van der Waals surface area contributed by atoms with Crippen molar-refractivity contribution < 1.29 is 0 Å². The molecule has 0 nitrogen and oxygen atoms in total. The summed E-state index contributed by atoms with van der Waals surface area (Å²) in [4.78, 5) is 0. The Morgan fingerprint density at radius 3 is 1.56 bits per heavy atom. The predicted molar refractivity (Wildman–Crippen MR) is 334 cm³/mol. The molecule has 0 N–H and O–H groups in total. The standard InChI is InChI=1S/C32H34.C17H20.C11H16.C8H14.C7H8/c1-4-29(27-15-9-6-10-16-27)28-22-20-25(3)32(23-28)31-18-12-11-17-30(31)24(2)19-21-26-13-7-5-8-14-26;1-4-7-15-11-10-13(2)12-17(15)16-9-6-5-8-14(16)3;1-4-10(3)11-7-5-9(2)6-8-11;1-4-6-8(3)7-5-2;1-7-5-3-2-4-6-7/h5-18,20,22-24,29H,4,19,21H2,1-3H3;5-6,8-12H,4,7H2,1-3H3;5-8,10H,4H2,1-3H3;4,6-7H,5H2,1-3H3;2-6H,1H3/b;;;6-4-,8-7-;. The highest BCUT2D eigenvalue weighted by Gasteiger charge is 2.17. The van der Waals surface area contributed by atoms with E-state index in [-0.39, 0.29) is 0 Å². The molecule has 0 fully saturated rings. The average molecular weight is 994 g/mol. The second-order valence-corrected chi connectivity index (χ2v) is 20.4. The van der Waals surface area contributed by atoms with Crippen LogP contribution in [0.4, 0.5) is 0 Å². The van der Waals surface area contributed by atoms with Crippen molar-refractivity contribution in [3.8, 4) is 22.3 Å². The largest absolute Gasteiger partial charge is 0.0874 e. The first-order valence-electron chi connectivity index (χ1n) is 28.2. The van der Waals surface area contributed by atoms with Gasteiger partial charge in [0.15, 0.2) is 0 Å². The summed E-state index contributed by atoms with van der Waals surface area (Å²) in [6, 6.07) is 72.4. The van der Waals surface area contributed by atoms with Crippen LogP contribution in [0.3, 0.4) is 0 Å². The topological polar surface area (TPSA) is 0 Å². The van der Waals surface area contributed by atoms with Gasteiger partial charge in [0.2, 0.25) is 0 Å². The third-order valence-electron chi connectivity index (χ3n) is 14.1. The van der Waals surface area contributed by atoms with E-state index in [0.29, 0.717) is 17.8 Å². The zero-order valence-electron chi connectivity index (χ0n) is 48.5. The predicted octanol–water partition coefficient (Wildman–Crippen LogP) is 22.3. The molecular formula is C75H92. The van der Waals surface area contributed by atoms with Crippen LogP contribution < -0.4 is 0 Å². The van der Waals surface area contributed by atoms with Gasteiger partial charge in [-0.2, -0.15) is 0 Å². The second-order valence-electron chi connectivity index (χ2n) is 20.4. The third-order valence-corrected chi connectivity index (χ3v) is 14.1. The summed E-state index contributed by atoms with van der Waals surface area (Å²) in [5.41, 5.74) is 22.2. The summed E-state index contributed by atoms with van der Waals surface area (Å²) < 4.78 is 0. The fourth-order valence-electron chi connectivity index (χ4n) is 9.47. The van der Waals surface area contributed by atoms with Gasteiger partial charge in [0.25, 0.3) is 0 Å². The molecule has 0 heterocycles. The van der Waals surface area contributed by atoms with E-state index in [1.54, 1.807) is 0 Å². The summed E-state index contributed by atoms with van der Waals surface area (Å²) in [5, 5.41) is 0. The van der Waals surface area contributed by atoms with Gasteiger partial charge in [0.1, 0.15) is 0 Å². The molecular weight excluding hydrogens is 901 g/mol. The molecule has 0 spiro atoms. The van der Waals surface area contributed by atoms with Crippen molar-refractivity contribution in [3.63, 3.8) is 0 Å². The van der Waals surface area contributed by atoms with E-state index in [4.69, 9.17) is 0 Å². The molecule has 75 heavy (non-hydrogen) atoms. The van der Waals surface area contributed by atoms with Crippen molar-refractivity contribution in [2.75, 3.05) is 0 Å². The van der Waals surface area contributed by atoms with Gasteiger partial charge < -0.3 is 0 Å². The van der Waals surface area contributed by atoms with Crippen molar-refractivity contribution in [1.29, 1.82) is 0 Å². The van der Waals surface area contributed by atoms with Crippen molar-refractivity contribution in [2.24, 2.45) is 0 Å². The number of rotatable bonds is 15. The maximum atomic E-state index is 2.44. The van der Waals surface area contributed by atoms with Crippen LogP contribution in [0.25, 0.3) is 22.3 Å². The average Bonchev–Trinajstić information content (AvgIpc) is 3.43. The molecule has 0 aromatic heterocycles. The normalized spacial score (nSPS) is 12.0. The van der Waals surface area contributed by atoms with E-state index in [9.17, 15) is 0 Å². The molecule has 0 radical (unpaired) electrons. The van der Waals surface area contributed by atoms with Crippen LogP contribution >= 0.6 is 0 Å². The SMILES string of the molecule is C/C=C\C(C)=C/CC.CCC(C)c1ccc(C)cc1.CCC(c1ccccc1)c1ccc(C)c(-c2ccccc2C(C)CCc2ccccc2)c1.CCCc1ccc(C)cc1-c1ccccc1C.Cc1ccccc1. The lowest BCUT2D eigenvalue weighted by Crippen LogP contribution is -2.02. The van der Waals surface area contributed by atoms with E-state index >= 15 is 0 Å². The van der Waals surface area contributed by atoms with Gasteiger partial charge in [0, 0.05) is 5.92 Å². The summed E-state index contributed by atoms with van der Waals surface area (Å²) >= 11 is 0. The number of hydrogen-bond acceptors (Lipinski definition) is 0. The lowest BCUT2D eigenvalue weighted by atomic mass is 9.83. The van der Waals surface area contributed by atoms with Gasteiger partial charge in [-0.3, -0.25) is 0 Å². The Morgan fingerprint density at radius 2 is 0.987 bits per heavy atom. The zero-order chi connectivity index (χ0) is 54.4. The minimum Gasteiger partial charge on any atom is -0.0874 e. The maximum absolute atomic E-state index is 2.44. The van der Waals surface area contributed by atoms with Gasteiger partial charge >= 0.3 is 0 Å². The minimum absolute atomic E-state index is 0.429. The number of benzene rings is 8. The Balaban J connectivity index is 0.000000235. The van der Waals surface area contributed by atoms with Crippen molar-refractivity contribution >= 4 is 0 Å². The van der Waals surface area contributed by atoms with Crippen molar-refractivity contribution in [1.82, 2.24) is 0 Å². The van der Waals surface area contributed by atoms with Crippen LogP contribution in [0, 0.1) is 34.6 Å². The molecule has 0 aliphatic heterocycles. The summed E-state index contributed by atoms with van der Waals surface area (Å²) in [6.07, 6.45) is 14.5. The highest BCUT2D eigenvalue weighted by atomic mass is 14.2. The van der Waals surface area contributed by atoms with Crippen LogP contribution in [0.15, 0.2) is 224 Å². The Morgan fingerprint density at radius 1 is 0.440 bits per heavy atom. The van der Waals surface area contributed by atoms with E-state index in [1.807, 2.05) is 25.1 Å². The smallest absolute Gasteiger partial charge is 0.00869 e. The molecule has 8 aromatic rings. The fourth-order valence-corrected chi connectivity index (χ4v) is 9.47. The molecule has 3 atom stereocenters. The van der Waals surface area contributed by atoms with Crippen LogP contribution in [-0.2, 0) is 12.8 Å². The van der Waals surface area contributed by atoms with Crippen molar-refractivity contribution in [2.45, 2.75) is 153 Å². The van der Waals surface area contributed by atoms with Crippen molar-refractivity contribution in [3.05, 3.63) is 285 Å². The zero-order valence-corrected chi connectivity index (χ0v) is 48.5. The molecule has 8 rings (SSSR count). The highest BCUT2D eigenvalue weighted by Crippen LogP contribution is 2.37. The third kappa shape index (κ3) is 20.8. The first kappa shape index (κ1) is 60.8. The number of hydrogen-bond donors (Lipinski definition) is 0. The molecule has 8 aromatic carbocycles. The number of aryl methyl sites for hydroxylation is 7. The van der Waals surface area contributed by atoms with Gasteiger partial charge in [-0.15, -0.1) is 0 Å². The maximum Gasteiger partial charge on any atom is 0.00869 e. The monoisotopic (exact) mass is 993 g/mol.